The number of hydrogen-bond acceptors (Lipinski definition) is 3. The van der Waals surface area contributed by atoms with Gasteiger partial charge in [-0.2, -0.15) is 5.10 Å². The molecule has 0 aliphatic rings. The lowest BCUT2D eigenvalue weighted by Crippen LogP contribution is -2.29. The van der Waals surface area contributed by atoms with Gasteiger partial charge in [-0.3, -0.25) is 9.58 Å². The Kier molecular flexibility index (Phi) is 5.95. The molecule has 0 aliphatic heterocycles. The molecule has 0 N–H and O–H groups in total. The van der Waals surface area contributed by atoms with Gasteiger partial charge in [0.25, 0.3) is 0 Å². The molecule has 0 saturated carbocycles. The molecule has 5 heteroatoms. The van der Waals surface area contributed by atoms with Crippen LogP contribution in [0, 0.1) is 6.92 Å². The second-order valence-corrected chi connectivity index (χ2v) is 4.96. The van der Waals surface area contributed by atoms with Gasteiger partial charge in [0, 0.05) is 26.7 Å². The van der Waals surface area contributed by atoms with Gasteiger partial charge < -0.3 is 4.74 Å². The van der Waals surface area contributed by atoms with E-state index in [1.165, 1.54) is 5.69 Å². The highest BCUT2D eigenvalue weighted by molar-refractivity contribution is 6.20. The molecule has 0 fully saturated rings. The molecule has 4 nitrogen and oxygen atoms in total. The van der Waals surface area contributed by atoms with E-state index in [1.54, 1.807) is 7.11 Å². The zero-order valence-electron chi connectivity index (χ0n) is 11.1. The van der Waals surface area contributed by atoms with Gasteiger partial charge in [0.15, 0.2) is 0 Å². The number of halogens is 1. The topological polar surface area (TPSA) is 30.3 Å². The molecule has 17 heavy (non-hydrogen) atoms. The van der Waals surface area contributed by atoms with Crippen molar-refractivity contribution in [1.29, 1.82) is 0 Å². The van der Waals surface area contributed by atoms with E-state index in [1.807, 2.05) is 11.6 Å². The highest BCUT2D eigenvalue weighted by atomic mass is 35.5. The lowest BCUT2D eigenvalue weighted by Gasteiger charge is -2.19. The largest absolute Gasteiger partial charge is 0.383 e. The van der Waals surface area contributed by atoms with E-state index in [4.69, 9.17) is 16.3 Å². The van der Waals surface area contributed by atoms with Gasteiger partial charge in [0.05, 0.1) is 23.4 Å². The summed E-state index contributed by atoms with van der Waals surface area (Å²) in [4.78, 5) is 2.19. The van der Waals surface area contributed by atoms with Crippen LogP contribution in [-0.2, 0) is 17.8 Å². The number of methoxy groups -OCH3 is 1. The summed E-state index contributed by atoms with van der Waals surface area (Å²) in [5.41, 5.74) is 2.29. The zero-order chi connectivity index (χ0) is 12.8. The fourth-order valence-corrected chi connectivity index (χ4v) is 2.27. The van der Waals surface area contributed by atoms with E-state index < -0.39 is 0 Å². The van der Waals surface area contributed by atoms with E-state index in [-0.39, 0.29) is 5.38 Å². The molecule has 1 rings (SSSR count). The summed E-state index contributed by atoms with van der Waals surface area (Å²) in [6.45, 7) is 7.28. The highest BCUT2D eigenvalue weighted by Crippen LogP contribution is 2.08. The second-order valence-electron chi connectivity index (χ2n) is 4.34. The smallest absolute Gasteiger partial charge is 0.0696 e. The van der Waals surface area contributed by atoms with Crippen molar-refractivity contribution in [3.63, 3.8) is 0 Å². The number of hydrogen-bond donors (Lipinski definition) is 0. The quantitative estimate of drug-likeness (QED) is 0.701. The van der Waals surface area contributed by atoms with Crippen LogP contribution in [-0.4, -0.2) is 47.4 Å². The standard InChI is InChI=1S/C12H22ClN3O/c1-5-16-12(6-10(2)14-16)8-15(3)7-11(13)9-17-4/h6,11H,5,7-9H2,1-4H3. The Hall–Kier alpha value is -0.580. The molecule has 1 unspecified atom stereocenters. The van der Waals surface area contributed by atoms with Gasteiger partial charge in [-0.25, -0.2) is 0 Å². The van der Waals surface area contributed by atoms with E-state index in [2.05, 4.69) is 30.0 Å². The molecule has 0 radical (unpaired) electrons. The number of aryl methyl sites for hydroxylation is 2. The molecule has 1 heterocycles. The van der Waals surface area contributed by atoms with Crippen molar-refractivity contribution in [3.05, 3.63) is 17.5 Å². The maximum Gasteiger partial charge on any atom is 0.0696 e. The average Bonchev–Trinajstić information content (AvgIpc) is 2.58. The molecular weight excluding hydrogens is 238 g/mol. The Balaban J connectivity index is 2.52. The molecule has 1 aromatic heterocycles. The molecule has 0 aromatic carbocycles. The summed E-state index contributed by atoms with van der Waals surface area (Å²) in [5, 5.41) is 4.46. The number of alkyl halides is 1. The predicted octanol–water partition coefficient (Wildman–Crippen LogP) is 1.90. The lowest BCUT2D eigenvalue weighted by atomic mass is 10.3. The van der Waals surface area contributed by atoms with E-state index >= 15 is 0 Å². The first kappa shape index (κ1) is 14.5. The van der Waals surface area contributed by atoms with E-state index in [0.29, 0.717) is 6.61 Å². The Bertz CT molecular complexity index is 340. The fraction of sp³-hybridized carbons (Fsp3) is 0.750. The third-order valence-electron chi connectivity index (χ3n) is 2.57. The minimum Gasteiger partial charge on any atom is -0.383 e. The van der Waals surface area contributed by atoms with Crippen molar-refractivity contribution in [2.75, 3.05) is 27.3 Å². The minimum absolute atomic E-state index is 0.0316. The van der Waals surface area contributed by atoms with Gasteiger partial charge in [0.1, 0.15) is 0 Å². The maximum atomic E-state index is 6.13. The van der Waals surface area contributed by atoms with Crippen LogP contribution >= 0.6 is 11.6 Å². The molecule has 0 saturated heterocycles. The molecule has 0 bridgehead atoms. The minimum atomic E-state index is 0.0316. The predicted molar refractivity (Wildman–Crippen MR) is 70.5 cm³/mol. The van der Waals surface area contributed by atoms with Crippen LogP contribution in [0.3, 0.4) is 0 Å². The first-order valence-electron chi connectivity index (χ1n) is 5.91. The summed E-state index contributed by atoms with van der Waals surface area (Å²) in [6.07, 6.45) is 0. The summed E-state index contributed by atoms with van der Waals surface area (Å²) in [6, 6.07) is 2.12. The second kappa shape index (κ2) is 6.99. The number of rotatable bonds is 7. The van der Waals surface area contributed by atoms with Gasteiger partial charge in [0.2, 0.25) is 0 Å². The maximum absolute atomic E-state index is 6.13. The first-order chi connectivity index (χ1) is 8.06. The summed E-state index contributed by atoms with van der Waals surface area (Å²) < 4.78 is 7.06. The van der Waals surface area contributed by atoms with Gasteiger partial charge in [-0.05, 0) is 27.0 Å². The molecule has 0 aliphatic carbocycles. The zero-order valence-corrected chi connectivity index (χ0v) is 11.9. The summed E-state index contributed by atoms with van der Waals surface area (Å²) >= 11 is 6.13. The molecule has 1 aromatic rings. The summed E-state index contributed by atoms with van der Waals surface area (Å²) in [7, 11) is 3.73. The molecule has 98 valence electrons. The third kappa shape index (κ3) is 4.66. The van der Waals surface area contributed by atoms with Crippen LogP contribution in [0.4, 0.5) is 0 Å². The van der Waals surface area contributed by atoms with Crippen molar-refractivity contribution >= 4 is 11.6 Å². The number of aromatic nitrogens is 2. The van der Waals surface area contributed by atoms with Crippen LogP contribution in [0.1, 0.15) is 18.3 Å². The molecule has 0 amide bonds. The molecule has 1 atom stereocenters. The van der Waals surface area contributed by atoms with Crippen LogP contribution in [0.25, 0.3) is 0 Å². The molecule has 0 spiro atoms. The third-order valence-corrected chi connectivity index (χ3v) is 2.84. The van der Waals surface area contributed by atoms with Gasteiger partial charge in [-0.15, -0.1) is 11.6 Å². The monoisotopic (exact) mass is 259 g/mol. The average molecular weight is 260 g/mol. The molecular formula is C12H22ClN3O. The van der Waals surface area contributed by atoms with Crippen molar-refractivity contribution in [3.8, 4) is 0 Å². The lowest BCUT2D eigenvalue weighted by molar-refractivity contribution is 0.180. The Morgan fingerprint density at radius 3 is 2.88 bits per heavy atom. The normalized spacial score (nSPS) is 13.3. The van der Waals surface area contributed by atoms with E-state index in [9.17, 15) is 0 Å². The first-order valence-corrected chi connectivity index (χ1v) is 6.35. The van der Waals surface area contributed by atoms with Crippen LogP contribution < -0.4 is 0 Å². The van der Waals surface area contributed by atoms with Crippen molar-refractivity contribution < 1.29 is 4.74 Å². The SMILES string of the molecule is CCn1nc(C)cc1CN(C)CC(Cl)COC. The fourth-order valence-electron chi connectivity index (χ4n) is 1.91. The van der Waals surface area contributed by atoms with Crippen molar-refractivity contribution in [1.82, 2.24) is 14.7 Å². The van der Waals surface area contributed by atoms with Gasteiger partial charge >= 0.3 is 0 Å². The summed E-state index contributed by atoms with van der Waals surface area (Å²) in [5.74, 6) is 0. The highest BCUT2D eigenvalue weighted by Gasteiger charge is 2.11. The van der Waals surface area contributed by atoms with Crippen LogP contribution in [0.15, 0.2) is 6.07 Å². The number of nitrogens with zero attached hydrogens (tertiary/aromatic N) is 3. The van der Waals surface area contributed by atoms with Crippen molar-refractivity contribution in [2.45, 2.75) is 32.3 Å². The number of ether oxygens (including phenoxy) is 1. The van der Waals surface area contributed by atoms with E-state index in [0.717, 1.165) is 25.3 Å². The van der Waals surface area contributed by atoms with Crippen molar-refractivity contribution in [2.24, 2.45) is 0 Å². The Labute approximate surface area is 108 Å². The van der Waals surface area contributed by atoms with Gasteiger partial charge in [-0.1, -0.05) is 0 Å². The Morgan fingerprint density at radius 2 is 2.29 bits per heavy atom. The Morgan fingerprint density at radius 1 is 1.59 bits per heavy atom. The van der Waals surface area contributed by atoms with Crippen LogP contribution in [0.5, 0.6) is 0 Å². The van der Waals surface area contributed by atoms with Crippen LogP contribution in [0.2, 0.25) is 0 Å².